The number of carbonyl (C=O) groups excluding carboxylic acids is 1. The maximum Gasteiger partial charge on any atom is 0.220 e. The van der Waals surface area contributed by atoms with Crippen molar-refractivity contribution >= 4 is 5.91 Å². The summed E-state index contributed by atoms with van der Waals surface area (Å²) in [5, 5.41) is 3.31. The van der Waals surface area contributed by atoms with Crippen LogP contribution in [0.25, 0.3) is 0 Å². The van der Waals surface area contributed by atoms with E-state index in [1.165, 1.54) is 57.8 Å². The molecule has 0 unspecified atom stereocenters. The van der Waals surface area contributed by atoms with Gasteiger partial charge in [-0.25, -0.2) is 0 Å². The van der Waals surface area contributed by atoms with Gasteiger partial charge in [-0.1, -0.05) is 38.5 Å². The van der Waals surface area contributed by atoms with Crippen molar-refractivity contribution in [1.82, 2.24) is 5.32 Å². The Morgan fingerprint density at radius 1 is 1.10 bits per heavy atom. The van der Waals surface area contributed by atoms with E-state index in [0.29, 0.717) is 11.9 Å². The number of rotatable bonds is 5. The van der Waals surface area contributed by atoms with Crippen LogP contribution in [0.1, 0.15) is 77.6 Å². The van der Waals surface area contributed by atoms with Gasteiger partial charge in [0, 0.05) is 12.5 Å². The average Bonchev–Trinajstić information content (AvgIpc) is 3.09. The third-order valence-electron chi connectivity index (χ3n) is 6.33. The summed E-state index contributed by atoms with van der Waals surface area (Å²) < 4.78 is 0. The van der Waals surface area contributed by atoms with Gasteiger partial charge in [-0.2, -0.15) is 0 Å². The van der Waals surface area contributed by atoms with Crippen LogP contribution in [0.4, 0.5) is 0 Å². The normalized spacial score (nSPS) is 35.1. The van der Waals surface area contributed by atoms with Gasteiger partial charge in [0.15, 0.2) is 0 Å². The molecule has 0 aliphatic heterocycles. The summed E-state index contributed by atoms with van der Waals surface area (Å²) in [6.07, 6.45) is 14.4. The minimum absolute atomic E-state index is 0.311. The van der Waals surface area contributed by atoms with Crippen LogP contribution in [0.3, 0.4) is 0 Å². The zero-order chi connectivity index (χ0) is 13.9. The zero-order valence-corrected chi connectivity index (χ0v) is 13.1. The topological polar surface area (TPSA) is 29.1 Å². The fourth-order valence-corrected chi connectivity index (χ4v) is 5.15. The molecule has 0 saturated heterocycles. The molecule has 3 rings (SSSR count). The van der Waals surface area contributed by atoms with Gasteiger partial charge in [-0.15, -0.1) is 0 Å². The van der Waals surface area contributed by atoms with Gasteiger partial charge >= 0.3 is 0 Å². The summed E-state index contributed by atoms with van der Waals surface area (Å²) in [6.45, 7) is 2.24. The number of carbonyl (C=O) groups is 1. The molecule has 3 aliphatic carbocycles. The molecule has 0 aromatic carbocycles. The van der Waals surface area contributed by atoms with Crippen LogP contribution >= 0.6 is 0 Å². The van der Waals surface area contributed by atoms with Crippen LogP contribution in [0.2, 0.25) is 0 Å². The van der Waals surface area contributed by atoms with Gasteiger partial charge in [0.25, 0.3) is 0 Å². The Morgan fingerprint density at radius 2 is 1.90 bits per heavy atom. The molecule has 0 aromatic rings. The molecule has 3 fully saturated rings. The molecule has 114 valence electrons. The van der Waals surface area contributed by atoms with E-state index < -0.39 is 0 Å². The van der Waals surface area contributed by atoms with Gasteiger partial charge in [-0.3, -0.25) is 4.79 Å². The third-order valence-corrected chi connectivity index (χ3v) is 6.33. The average molecular weight is 277 g/mol. The van der Waals surface area contributed by atoms with Gasteiger partial charge in [0.1, 0.15) is 0 Å². The molecule has 0 spiro atoms. The quantitative estimate of drug-likeness (QED) is 0.798. The molecule has 2 heteroatoms. The highest BCUT2D eigenvalue weighted by molar-refractivity contribution is 5.76. The summed E-state index contributed by atoms with van der Waals surface area (Å²) in [4.78, 5) is 12.1. The summed E-state index contributed by atoms with van der Waals surface area (Å²) in [5.74, 6) is 3.80. The van der Waals surface area contributed by atoms with E-state index in [0.717, 1.165) is 36.5 Å². The lowest BCUT2D eigenvalue weighted by atomic mass is 9.83. The third kappa shape index (κ3) is 3.38. The molecule has 4 atom stereocenters. The summed E-state index contributed by atoms with van der Waals surface area (Å²) in [5.41, 5.74) is 0. The van der Waals surface area contributed by atoms with E-state index in [1.807, 2.05) is 0 Å². The first-order chi connectivity index (χ1) is 9.72. The highest BCUT2D eigenvalue weighted by Crippen LogP contribution is 2.49. The SMILES string of the molecule is C[C@H](NC(=O)CCC1CCCCC1)[C@H]1C[C@H]2CC[C@H]1C2. The van der Waals surface area contributed by atoms with Crippen molar-refractivity contribution in [3.63, 3.8) is 0 Å². The Kier molecular flexibility index (Phi) is 4.68. The minimum Gasteiger partial charge on any atom is -0.353 e. The zero-order valence-electron chi connectivity index (χ0n) is 13.1. The molecule has 1 amide bonds. The molecule has 3 aliphatic rings. The smallest absolute Gasteiger partial charge is 0.220 e. The van der Waals surface area contributed by atoms with Crippen LogP contribution in [-0.2, 0) is 4.79 Å². The molecule has 2 bridgehead atoms. The number of fused-ring (bicyclic) bond motifs is 2. The van der Waals surface area contributed by atoms with Gasteiger partial charge < -0.3 is 5.32 Å². The summed E-state index contributed by atoms with van der Waals surface area (Å²) in [6, 6.07) is 0.407. The van der Waals surface area contributed by atoms with Gasteiger partial charge in [-0.05, 0) is 56.3 Å². The second-order valence-electron chi connectivity index (χ2n) is 7.74. The number of hydrogen-bond donors (Lipinski definition) is 1. The Morgan fingerprint density at radius 3 is 2.55 bits per heavy atom. The fraction of sp³-hybridized carbons (Fsp3) is 0.944. The minimum atomic E-state index is 0.311. The van der Waals surface area contributed by atoms with Crippen molar-refractivity contribution in [2.75, 3.05) is 0 Å². The summed E-state index contributed by atoms with van der Waals surface area (Å²) >= 11 is 0. The molecule has 0 radical (unpaired) electrons. The highest BCUT2D eigenvalue weighted by Gasteiger charge is 2.42. The van der Waals surface area contributed by atoms with Crippen molar-refractivity contribution in [1.29, 1.82) is 0 Å². The largest absolute Gasteiger partial charge is 0.353 e. The maximum atomic E-state index is 12.1. The number of nitrogens with one attached hydrogen (secondary N) is 1. The van der Waals surface area contributed by atoms with Crippen LogP contribution in [0, 0.1) is 23.7 Å². The highest BCUT2D eigenvalue weighted by atomic mass is 16.1. The van der Waals surface area contributed by atoms with Gasteiger partial charge in [0.05, 0.1) is 0 Å². The molecule has 2 nitrogen and oxygen atoms in total. The molecular weight excluding hydrogens is 246 g/mol. The van der Waals surface area contributed by atoms with Crippen LogP contribution in [0.15, 0.2) is 0 Å². The Hall–Kier alpha value is -0.530. The Balaban J connectivity index is 1.37. The molecule has 0 aromatic heterocycles. The van der Waals surface area contributed by atoms with E-state index in [-0.39, 0.29) is 0 Å². The van der Waals surface area contributed by atoms with Crippen molar-refractivity contribution in [3.8, 4) is 0 Å². The molecule has 1 N–H and O–H groups in total. The first-order valence-corrected chi connectivity index (χ1v) is 9.01. The second kappa shape index (κ2) is 6.49. The first-order valence-electron chi connectivity index (χ1n) is 9.01. The van der Waals surface area contributed by atoms with Crippen molar-refractivity contribution in [3.05, 3.63) is 0 Å². The van der Waals surface area contributed by atoms with E-state index in [2.05, 4.69) is 12.2 Å². The molecular formula is C18H31NO. The number of hydrogen-bond acceptors (Lipinski definition) is 1. The number of amides is 1. The summed E-state index contributed by atoms with van der Waals surface area (Å²) in [7, 11) is 0. The standard InChI is InChI=1S/C18H31NO/c1-13(17-12-15-7-9-16(17)11-15)19-18(20)10-8-14-5-3-2-4-6-14/h13-17H,2-12H2,1H3,(H,19,20)/t13-,15-,16-,17+/m0/s1. The van der Waals surface area contributed by atoms with Crippen molar-refractivity contribution in [2.45, 2.75) is 83.6 Å². The Bertz CT molecular complexity index is 334. The molecule has 3 saturated carbocycles. The van der Waals surface area contributed by atoms with E-state index in [9.17, 15) is 4.79 Å². The second-order valence-corrected chi connectivity index (χ2v) is 7.74. The molecule has 0 heterocycles. The van der Waals surface area contributed by atoms with Crippen LogP contribution in [-0.4, -0.2) is 11.9 Å². The van der Waals surface area contributed by atoms with Crippen LogP contribution < -0.4 is 5.32 Å². The van der Waals surface area contributed by atoms with Crippen molar-refractivity contribution in [2.24, 2.45) is 23.7 Å². The van der Waals surface area contributed by atoms with E-state index >= 15 is 0 Å². The lowest BCUT2D eigenvalue weighted by Gasteiger charge is -2.29. The monoisotopic (exact) mass is 277 g/mol. The molecule has 20 heavy (non-hydrogen) atoms. The first kappa shape index (κ1) is 14.4. The van der Waals surface area contributed by atoms with E-state index in [1.54, 1.807) is 0 Å². The lowest BCUT2D eigenvalue weighted by molar-refractivity contribution is -0.122. The maximum absolute atomic E-state index is 12.1. The van der Waals surface area contributed by atoms with E-state index in [4.69, 9.17) is 0 Å². The predicted octanol–water partition coefficient (Wildman–Crippen LogP) is 4.29. The van der Waals surface area contributed by atoms with Crippen LogP contribution in [0.5, 0.6) is 0 Å². The lowest BCUT2D eigenvalue weighted by Crippen LogP contribution is -2.40. The fourth-order valence-electron chi connectivity index (χ4n) is 5.15. The van der Waals surface area contributed by atoms with Crippen molar-refractivity contribution < 1.29 is 4.79 Å². The predicted molar refractivity (Wildman–Crippen MR) is 82.4 cm³/mol. The van der Waals surface area contributed by atoms with Gasteiger partial charge in [0.2, 0.25) is 5.91 Å². The Labute approximate surface area is 124 Å².